The third-order valence-corrected chi connectivity index (χ3v) is 8.37. The number of sulfonamides is 2. The van der Waals surface area contributed by atoms with Gasteiger partial charge in [-0.25, -0.2) is 30.2 Å². The molecule has 2 rings (SSSR count). The molecular formula is C21H27N3O7S2. The second-order valence-corrected chi connectivity index (χ2v) is 11.9. The zero-order valence-electron chi connectivity index (χ0n) is 19.2. The van der Waals surface area contributed by atoms with Crippen LogP contribution in [0.5, 0.6) is 0 Å². The highest BCUT2D eigenvalue weighted by atomic mass is 32.2. The molecule has 0 heterocycles. The molecule has 1 amide bonds. The molecule has 2 aromatic carbocycles. The zero-order chi connectivity index (χ0) is 25.1. The number of amides is 1. The van der Waals surface area contributed by atoms with Crippen LogP contribution in [0.15, 0.2) is 52.3 Å². The van der Waals surface area contributed by atoms with Gasteiger partial charge in [-0.15, -0.1) is 0 Å². The molecule has 0 aromatic heterocycles. The zero-order valence-corrected chi connectivity index (χ0v) is 20.8. The quantitative estimate of drug-likeness (QED) is 0.549. The smallest absolute Gasteiger partial charge is 0.338 e. The average molecular weight is 498 g/mol. The summed E-state index contributed by atoms with van der Waals surface area (Å²) in [7, 11) is -1.93. The van der Waals surface area contributed by atoms with Crippen LogP contribution in [0.2, 0.25) is 0 Å². The maximum atomic E-state index is 12.6. The van der Waals surface area contributed by atoms with E-state index in [-0.39, 0.29) is 21.0 Å². The molecule has 0 saturated carbocycles. The van der Waals surface area contributed by atoms with Gasteiger partial charge in [0, 0.05) is 33.9 Å². The van der Waals surface area contributed by atoms with E-state index < -0.39 is 38.0 Å². The molecule has 1 unspecified atom stereocenters. The molecule has 0 saturated heterocycles. The molecule has 0 bridgehead atoms. The van der Waals surface area contributed by atoms with Gasteiger partial charge in [0.25, 0.3) is 5.91 Å². The molecular weight excluding hydrogens is 470 g/mol. The number of anilines is 1. The molecule has 0 radical (unpaired) electrons. The second-order valence-electron chi connectivity index (χ2n) is 7.62. The number of ether oxygens (including phenoxy) is 1. The highest BCUT2D eigenvalue weighted by Crippen LogP contribution is 2.22. The van der Waals surface area contributed by atoms with Crippen LogP contribution < -0.4 is 5.32 Å². The third-order valence-electron chi connectivity index (χ3n) is 4.75. The van der Waals surface area contributed by atoms with Crippen molar-refractivity contribution in [2.45, 2.75) is 29.7 Å². The predicted molar refractivity (Wildman–Crippen MR) is 123 cm³/mol. The number of rotatable bonds is 8. The van der Waals surface area contributed by atoms with Gasteiger partial charge in [-0.05, 0) is 49.7 Å². The van der Waals surface area contributed by atoms with Gasteiger partial charge < -0.3 is 10.1 Å². The fraction of sp³-hybridized carbons (Fsp3) is 0.333. The van der Waals surface area contributed by atoms with E-state index in [0.29, 0.717) is 5.56 Å². The number of hydrogen-bond donors (Lipinski definition) is 1. The van der Waals surface area contributed by atoms with E-state index in [1.165, 1.54) is 71.5 Å². The van der Waals surface area contributed by atoms with Gasteiger partial charge in [0.05, 0.1) is 15.4 Å². The van der Waals surface area contributed by atoms with Crippen molar-refractivity contribution in [1.29, 1.82) is 0 Å². The van der Waals surface area contributed by atoms with E-state index in [2.05, 4.69) is 5.32 Å². The summed E-state index contributed by atoms with van der Waals surface area (Å²) in [6, 6.07) is 9.60. The van der Waals surface area contributed by atoms with Crippen LogP contribution in [0, 0.1) is 6.92 Å². The van der Waals surface area contributed by atoms with E-state index in [1.807, 2.05) is 0 Å². The van der Waals surface area contributed by atoms with Crippen LogP contribution in [-0.4, -0.2) is 71.6 Å². The summed E-state index contributed by atoms with van der Waals surface area (Å²) in [5, 5.41) is 2.57. The van der Waals surface area contributed by atoms with Crippen molar-refractivity contribution in [2.24, 2.45) is 0 Å². The first-order valence-corrected chi connectivity index (χ1v) is 12.6. The van der Waals surface area contributed by atoms with E-state index >= 15 is 0 Å². The number of hydrogen-bond acceptors (Lipinski definition) is 7. The molecule has 12 heteroatoms. The highest BCUT2D eigenvalue weighted by Gasteiger charge is 2.24. The van der Waals surface area contributed by atoms with Crippen LogP contribution in [0.1, 0.15) is 22.8 Å². The van der Waals surface area contributed by atoms with Gasteiger partial charge in [0.15, 0.2) is 6.10 Å². The number of carbonyl (C=O) groups is 2. The maximum Gasteiger partial charge on any atom is 0.338 e. The predicted octanol–water partition coefficient (Wildman–Crippen LogP) is 1.68. The minimum absolute atomic E-state index is 0.00281. The Morgan fingerprint density at radius 1 is 0.879 bits per heavy atom. The number of carbonyl (C=O) groups excluding carboxylic acids is 2. The van der Waals surface area contributed by atoms with Gasteiger partial charge in [0.1, 0.15) is 0 Å². The number of nitrogens with one attached hydrogen (secondary N) is 1. The van der Waals surface area contributed by atoms with Crippen LogP contribution >= 0.6 is 0 Å². The minimum atomic E-state index is -3.75. The SMILES string of the molecule is Cc1ccc(S(=O)(=O)N(C)C)cc1NC(=O)C(C)OC(=O)c1cccc(S(=O)(=O)N(C)C)c1. The molecule has 2 aromatic rings. The number of aryl methyl sites for hydroxylation is 1. The molecule has 0 aliphatic carbocycles. The normalized spacial score (nSPS) is 13.1. The summed E-state index contributed by atoms with van der Waals surface area (Å²) in [5.41, 5.74) is 0.832. The molecule has 0 spiro atoms. The lowest BCUT2D eigenvalue weighted by Crippen LogP contribution is -2.30. The van der Waals surface area contributed by atoms with Gasteiger partial charge in [-0.1, -0.05) is 12.1 Å². The van der Waals surface area contributed by atoms with Crippen LogP contribution in [0.3, 0.4) is 0 Å². The number of esters is 1. The fourth-order valence-corrected chi connectivity index (χ4v) is 4.49. The van der Waals surface area contributed by atoms with E-state index in [1.54, 1.807) is 13.0 Å². The average Bonchev–Trinajstić information content (AvgIpc) is 2.74. The van der Waals surface area contributed by atoms with Gasteiger partial charge in [-0.3, -0.25) is 4.79 Å². The summed E-state index contributed by atoms with van der Waals surface area (Å²) in [4.78, 5) is 25.0. The molecule has 10 nitrogen and oxygen atoms in total. The van der Waals surface area contributed by atoms with Gasteiger partial charge in [0.2, 0.25) is 20.0 Å². The van der Waals surface area contributed by atoms with Crippen molar-refractivity contribution in [1.82, 2.24) is 8.61 Å². The lowest BCUT2D eigenvalue weighted by atomic mass is 10.2. The molecule has 0 aliphatic rings. The first kappa shape index (κ1) is 26.5. The Morgan fingerprint density at radius 3 is 1.97 bits per heavy atom. The van der Waals surface area contributed by atoms with Crippen LogP contribution in [0.4, 0.5) is 5.69 Å². The summed E-state index contributed by atoms with van der Waals surface area (Å²) < 4.78 is 56.5. The Bertz CT molecular complexity index is 1270. The van der Waals surface area contributed by atoms with Crippen molar-refractivity contribution < 1.29 is 31.2 Å². The Kier molecular flexibility index (Phi) is 8.01. The van der Waals surface area contributed by atoms with Crippen molar-refractivity contribution in [2.75, 3.05) is 33.5 Å². The van der Waals surface area contributed by atoms with Crippen molar-refractivity contribution >= 4 is 37.6 Å². The molecule has 180 valence electrons. The Balaban J connectivity index is 2.19. The lowest BCUT2D eigenvalue weighted by molar-refractivity contribution is -0.123. The first-order valence-electron chi connectivity index (χ1n) is 9.75. The lowest BCUT2D eigenvalue weighted by Gasteiger charge is -2.17. The number of benzene rings is 2. The Hall–Kier alpha value is -2.80. The summed E-state index contributed by atoms with van der Waals surface area (Å²) in [6.45, 7) is 3.04. The first-order chi connectivity index (χ1) is 15.2. The van der Waals surface area contributed by atoms with Crippen LogP contribution in [-0.2, 0) is 29.6 Å². The molecule has 0 aliphatic heterocycles. The van der Waals surface area contributed by atoms with E-state index in [9.17, 15) is 26.4 Å². The van der Waals surface area contributed by atoms with Crippen molar-refractivity contribution in [3.8, 4) is 0 Å². The Labute approximate surface area is 194 Å². The highest BCUT2D eigenvalue weighted by molar-refractivity contribution is 7.89. The third kappa shape index (κ3) is 5.96. The minimum Gasteiger partial charge on any atom is -0.449 e. The summed E-state index contributed by atoms with van der Waals surface area (Å²) in [6.07, 6.45) is -1.24. The molecule has 0 fully saturated rings. The molecule has 1 N–H and O–H groups in total. The molecule has 1 atom stereocenters. The Morgan fingerprint density at radius 2 is 1.42 bits per heavy atom. The van der Waals surface area contributed by atoms with Crippen molar-refractivity contribution in [3.05, 3.63) is 53.6 Å². The van der Waals surface area contributed by atoms with Gasteiger partial charge in [-0.2, -0.15) is 0 Å². The van der Waals surface area contributed by atoms with Gasteiger partial charge >= 0.3 is 5.97 Å². The number of nitrogens with zero attached hydrogens (tertiary/aromatic N) is 2. The topological polar surface area (TPSA) is 130 Å². The van der Waals surface area contributed by atoms with Crippen LogP contribution in [0.25, 0.3) is 0 Å². The molecule has 33 heavy (non-hydrogen) atoms. The standard InChI is InChI=1S/C21H27N3O7S2/c1-14-10-11-18(33(29,30)24(5)6)13-19(14)22-20(25)15(2)31-21(26)16-8-7-9-17(12-16)32(27,28)23(3)4/h7-13,15H,1-6H3,(H,22,25). The summed E-state index contributed by atoms with van der Waals surface area (Å²) in [5.74, 6) is -1.56. The largest absolute Gasteiger partial charge is 0.449 e. The maximum absolute atomic E-state index is 12.6. The second kappa shape index (κ2) is 10.00. The summed E-state index contributed by atoms with van der Waals surface area (Å²) >= 11 is 0. The van der Waals surface area contributed by atoms with E-state index in [4.69, 9.17) is 4.74 Å². The fourth-order valence-electron chi connectivity index (χ4n) is 2.62. The van der Waals surface area contributed by atoms with E-state index in [0.717, 1.165) is 8.61 Å². The monoisotopic (exact) mass is 497 g/mol. The van der Waals surface area contributed by atoms with Crippen molar-refractivity contribution in [3.63, 3.8) is 0 Å².